The zero-order valence-corrected chi connectivity index (χ0v) is 33.9. The van der Waals surface area contributed by atoms with Crippen molar-refractivity contribution in [3.63, 3.8) is 0 Å². The number of likely N-dealkylation sites (tertiary alicyclic amines) is 1. The van der Waals surface area contributed by atoms with Gasteiger partial charge in [-0.2, -0.15) is 4.98 Å². The molecule has 13 nitrogen and oxygen atoms in total. The van der Waals surface area contributed by atoms with Gasteiger partial charge >= 0.3 is 0 Å². The van der Waals surface area contributed by atoms with Gasteiger partial charge in [0.25, 0.3) is 11.5 Å². The molecule has 0 radical (unpaired) electrons. The third kappa shape index (κ3) is 5.46. The molecule has 5 aliphatic heterocycles. The first-order valence-corrected chi connectivity index (χ1v) is 21.5. The van der Waals surface area contributed by atoms with Crippen LogP contribution in [0.2, 0.25) is 0 Å². The molecular formula is C44H44BrN7O6. The Balaban J connectivity index is 0.787. The first-order valence-electron chi connectivity index (χ1n) is 20.8. The fourth-order valence-corrected chi connectivity index (χ4v) is 11.5. The van der Waals surface area contributed by atoms with Crippen molar-refractivity contribution in [1.29, 1.82) is 0 Å². The smallest absolute Gasteiger partial charge is 0.283 e. The van der Waals surface area contributed by atoms with Crippen molar-refractivity contribution >= 4 is 73.0 Å². The van der Waals surface area contributed by atoms with Gasteiger partial charge in [0.15, 0.2) is 0 Å². The Morgan fingerprint density at radius 1 is 0.914 bits per heavy atom. The number of nitrogens with one attached hydrogen (secondary N) is 1. The number of carbonyl (C=O) groups is 4. The van der Waals surface area contributed by atoms with Gasteiger partial charge in [0.1, 0.15) is 17.4 Å². The van der Waals surface area contributed by atoms with E-state index in [2.05, 4.69) is 65.2 Å². The molecule has 2 aromatic heterocycles. The summed E-state index contributed by atoms with van der Waals surface area (Å²) in [6.45, 7) is 4.36. The Morgan fingerprint density at radius 3 is 2.53 bits per heavy atom. The third-order valence-corrected chi connectivity index (χ3v) is 14.6. The van der Waals surface area contributed by atoms with E-state index in [1.54, 1.807) is 4.90 Å². The maximum absolute atomic E-state index is 14.0. The Bertz CT molecular complexity index is 2690. The molecular weight excluding hydrogens is 802 g/mol. The first-order chi connectivity index (χ1) is 28.1. The van der Waals surface area contributed by atoms with E-state index in [9.17, 15) is 24.0 Å². The second-order valence-corrected chi connectivity index (χ2v) is 18.3. The van der Waals surface area contributed by atoms with Crippen LogP contribution in [0.3, 0.4) is 0 Å². The van der Waals surface area contributed by atoms with E-state index in [1.807, 2.05) is 35.2 Å². The first kappa shape index (κ1) is 35.9. The summed E-state index contributed by atoms with van der Waals surface area (Å²) in [4.78, 5) is 75.7. The molecule has 4 fully saturated rings. The van der Waals surface area contributed by atoms with Crippen molar-refractivity contribution in [2.75, 3.05) is 24.5 Å². The molecule has 298 valence electrons. The number of rotatable bonds is 4. The molecule has 7 heterocycles. The minimum atomic E-state index is -0.657. The molecule has 1 saturated carbocycles. The van der Waals surface area contributed by atoms with E-state index >= 15 is 0 Å². The number of anilines is 1. The average molecular weight is 847 g/mol. The third-order valence-electron chi connectivity index (χ3n) is 13.9. The predicted molar refractivity (Wildman–Crippen MR) is 220 cm³/mol. The molecule has 3 aromatic carbocycles. The van der Waals surface area contributed by atoms with Crippen LogP contribution in [-0.2, 0) is 27.3 Å². The Morgan fingerprint density at radius 2 is 1.74 bits per heavy atom. The number of carbonyl (C=O) groups excluding carboxylic acids is 4. The second-order valence-electron chi connectivity index (χ2n) is 17.4. The van der Waals surface area contributed by atoms with Crippen LogP contribution < -0.4 is 20.5 Å². The van der Waals surface area contributed by atoms with Crippen LogP contribution in [-0.4, -0.2) is 84.7 Å². The van der Waals surface area contributed by atoms with Crippen LogP contribution in [0.15, 0.2) is 57.8 Å². The maximum Gasteiger partial charge on any atom is 0.283 e. The van der Waals surface area contributed by atoms with Crippen molar-refractivity contribution in [2.24, 2.45) is 5.92 Å². The summed E-state index contributed by atoms with van der Waals surface area (Å²) in [7, 11) is 0. The van der Waals surface area contributed by atoms with Gasteiger partial charge in [-0.15, -0.1) is 0 Å². The number of imidazole rings is 1. The number of ether oxygens (including phenoxy) is 1. The molecule has 0 bridgehead atoms. The van der Waals surface area contributed by atoms with E-state index in [4.69, 9.17) is 4.74 Å². The van der Waals surface area contributed by atoms with E-state index in [0.717, 1.165) is 95.7 Å². The van der Waals surface area contributed by atoms with E-state index in [1.165, 1.54) is 0 Å². The minimum Gasteiger partial charge on any atom is -0.483 e. The largest absolute Gasteiger partial charge is 0.483 e. The fourth-order valence-electron chi connectivity index (χ4n) is 11.0. The molecule has 11 rings (SSSR count). The Kier molecular flexibility index (Phi) is 8.13. The van der Waals surface area contributed by atoms with Gasteiger partial charge < -0.3 is 24.0 Å². The number of hydrogen-bond donors (Lipinski definition) is 1. The van der Waals surface area contributed by atoms with Gasteiger partial charge in [0, 0.05) is 53.2 Å². The molecule has 14 heteroatoms. The highest BCUT2D eigenvalue weighted by atomic mass is 79.9. The number of benzene rings is 3. The van der Waals surface area contributed by atoms with Gasteiger partial charge in [0.05, 0.1) is 35.0 Å². The molecule has 5 aromatic rings. The summed E-state index contributed by atoms with van der Waals surface area (Å²) in [6.07, 6.45) is 8.06. The van der Waals surface area contributed by atoms with Crippen LogP contribution in [0.5, 0.6) is 5.75 Å². The minimum absolute atomic E-state index is 0.0765. The number of imide groups is 1. The Labute approximate surface area is 342 Å². The van der Waals surface area contributed by atoms with Crippen molar-refractivity contribution in [2.45, 2.75) is 101 Å². The van der Waals surface area contributed by atoms with Gasteiger partial charge in [-0.1, -0.05) is 18.9 Å². The zero-order valence-electron chi connectivity index (χ0n) is 32.3. The second kappa shape index (κ2) is 13.1. The lowest BCUT2D eigenvalue weighted by molar-refractivity contribution is -0.158. The van der Waals surface area contributed by atoms with E-state index < -0.39 is 17.6 Å². The summed E-state index contributed by atoms with van der Waals surface area (Å²) in [6, 6.07) is 16.1. The maximum atomic E-state index is 14.0. The van der Waals surface area contributed by atoms with Crippen LogP contribution in [0.4, 0.5) is 5.69 Å². The molecule has 3 atom stereocenters. The van der Waals surface area contributed by atoms with Crippen molar-refractivity contribution in [3.05, 3.63) is 80.0 Å². The lowest BCUT2D eigenvalue weighted by atomic mass is 9.81. The molecule has 6 aliphatic rings. The number of hydrogen-bond acceptors (Lipinski definition) is 8. The quantitative estimate of drug-likeness (QED) is 0.229. The highest BCUT2D eigenvalue weighted by Crippen LogP contribution is 2.44. The summed E-state index contributed by atoms with van der Waals surface area (Å²) >= 11 is 3.60. The standard InChI is InChI=1S/C44H44BrN7O6/c1-24-17-26(41(56)48-22-44(23-48)15-13-25-18-27-21-50(34-11-12-37(53)46-39(34)54)42(57)30(27)20-36(25)58-44)14-16-49(24)29-9-10-32-35(19-29)51(28-5-2-3-6-28)43-47-40(55)38-31(45)7-4-8-33(38)52(32)43/h4,7-10,18-20,24,26,28,34H,2-3,5-6,11-17,21-23H2,1H3,(H,46,53,54)/t24-,26?,34+/m1/s1. The number of aryl methyl sites for hydroxylation is 1. The SMILES string of the molecule is C[C@@H]1CC(C(=O)N2CC3(CCc4cc5c(cc4O3)C(=O)N([C@H]3CCC(=O)NC3=O)C5)C2)CCN1c1ccc2c(c1)n(C1CCCC1)c1nc(=O)c3c(Br)cccc3n21. The summed E-state index contributed by atoms with van der Waals surface area (Å²) in [5.74, 6) is 0.547. The summed E-state index contributed by atoms with van der Waals surface area (Å²) < 4.78 is 11.8. The number of piperidine rings is 2. The highest BCUT2D eigenvalue weighted by Gasteiger charge is 2.51. The molecule has 1 aliphatic carbocycles. The van der Waals surface area contributed by atoms with Crippen LogP contribution in [0.25, 0.3) is 27.7 Å². The van der Waals surface area contributed by atoms with Crippen molar-refractivity contribution in [1.82, 2.24) is 29.1 Å². The van der Waals surface area contributed by atoms with Gasteiger partial charge in [-0.05, 0) is 121 Å². The number of halogens is 1. The molecule has 4 amide bonds. The normalized spacial score (nSPS) is 24.4. The Hall–Kier alpha value is -5.24. The molecule has 1 unspecified atom stereocenters. The van der Waals surface area contributed by atoms with Gasteiger partial charge in [-0.25, -0.2) is 0 Å². The van der Waals surface area contributed by atoms with Crippen LogP contribution >= 0.6 is 15.9 Å². The van der Waals surface area contributed by atoms with Gasteiger partial charge in [0.2, 0.25) is 23.5 Å². The van der Waals surface area contributed by atoms with Crippen LogP contribution in [0, 0.1) is 5.92 Å². The summed E-state index contributed by atoms with van der Waals surface area (Å²) in [5, 5.41) is 2.95. The number of amides is 4. The van der Waals surface area contributed by atoms with Crippen molar-refractivity contribution < 1.29 is 23.9 Å². The fraction of sp³-hybridized carbons (Fsp3) is 0.455. The molecule has 1 spiro atoms. The number of aromatic nitrogens is 3. The lowest BCUT2D eigenvalue weighted by Crippen LogP contribution is -2.68. The van der Waals surface area contributed by atoms with Crippen LogP contribution in [0.1, 0.15) is 92.2 Å². The number of fused-ring (bicyclic) bond motifs is 7. The molecule has 1 N–H and O–H groups in total. The predicted octanol–water partition coefficient (Wildman–Crippen LogP) is 5.65. The number of nitrogens with zero attached hydrogens (tertiary/aromatic N) is 6. The summed E-state index contributed by atoms with van der Waals surface area (Å²) in [5.41, 5.74) is 5.84. The van der Waals surface area contributed by atoms with E-state index in [-0.39, 0.29) is 47.7 Å². The van der Waals surface area contributed by atoms with Crippen molar-refractivity contribution in [3.8, 4) is 5.75 Å². The van der Waals surface area contributed by atoms with Gasteiger partial charge in [-0.3, -0.25) is 33.7 Å². The zero-order chi connectivity index (χ0) is 39.6. The highest BCUT2D eigenvalue weighted by molar-refractivity contribution is 9.10. The average Bonchev–Trinajstić information content (AvgIpc) is 3.92. The van der Waals surface area contributed by atoms with E-state index in [0.29, 0.717) is 48.5 Å². The monoisotopic (exact) mass is 845 g/mol. The molecule has 58 heavy (non-hydrogen) atoms. The molecule has 3 saturated heterocycles. The topological polar surface area (TPSA) is 139 Å². The lowest BCUT2D eigenvalue weighted by Gasteiger charge is -2.53.